The number of phenolic OH excluding ortho intramolecular Hbond substituents is 1. The number of phenols is 1. The van der Waals surface area contributed by atoms with Crippen molar-refractivity contribution in [3.8, 4) is 11.5 Å². The lowest BCUT2D eigenvalue weighted by Crippen LogP contribution is -2.43. The second-order valence-corrected chi connectivity index (χ2v) is 8.21. The predicted molar refractivity (Wildman–Crippen MR) is 113 cm³/mol. The Morgan fingerprint density at radius 3 is 2.43 bits per heavy atom. The summed E-state index contributed by atoms with van der Waals surface area (Å²) in [5, 5.41) is 19.0. The van der Waals surface area contributed by atoms with Crippen LogP contribution in [0.3, 0.4) is 0 Å². The van der Waals surface area contributed by atoms with Gasteiger partial charge in [0.05, 0.1) is 12.2 Å². The minimum atomic E-state index is -1.89. The van der Waals surface area contributed by atoms with Crippen molar-refractivity contribution >= 4 is 22.6 Å². The second kappa shape index (κ2) is 11.5. The largest absolute Gasteiger partial charge is 0.507 e. The Hall–Kier alpha value is -2.71. The van der Waals surface area contributed by atoms with Crippen LogP contribution >= 0.6 is 0 Å². The van der Waals surface area contributed by atoms with Crippen LogP contribution in [0.25, 0.3) is 0 Å². The van der Waals surface area contributed by atoms with E-state index in [0.717, 1.165) is 12.0 Å². The van der Waals surface area contributed by atoms with Gasteiger partial charge >= 0.3 is 5.97 Å². The summed E-state index contributed by atoms with van der Waals surface area (Å²) in [5.41, 5.74) is 0.769. The molecule has 0 heterocycles. The molecule has 2 rings (SSSR count). The number of rotatable bonds is 11. The van der Waals surface area contributed by atoms with Crippen molar-refractivity contribution in [2.24, 2.45) is 0 Å². The van der Waals surface area contributed by atoms with Gasteiger partial charge in [-0.05, 0) is 24.1 Å². The highest BCUT2D eigenvalue weighted by Gasteiger charge is 2.38. The predicted octanol–water partition coefficient (Wildman–Crippen LogP) is 2.61. The average molecular weight is 435 g/mol. The SMILES string of the molecule is CCCCOC(=O)C(O)C(C(=O)c1ccc(OCc2ccccc2)cc1O)S(C)=O. The van der Waals surface area contributed by atoms with Gasteiger partial charge < -0.3 is 19.7 Å². The number of Topliss-reactive ketones (excluding diaryl/α,β-unsaturated/α-hetero) is 1. The van der Waals surface area contributed by atoms with Crippen LogP contribution in [0.2, 0.25) is 0 Å². The van der Waals surface area contributed by atoms with E-state index in [1.807, 2.05) is 37.3 Å². The molecule has 8 heteroatoms. The Bertz CT molecular complexity index is 882. The van der Waals surface area contributed by atoms with Crippen molar-refractivity contribution in [2.45, 2.75) is 37.7 Å². The number of hydrogen-bond acceptors (Lipinski definition) is 7. The molecule has 2 N–H and O–H groups in total. The molecule has 0 spiro atoms. The first-order valence-electron chi connectivity index (χ1n) is 9.56. The van der Waals surface area contributed by atoms with Gasteiger partial charge in [0, 0.05) is 23.1 Å². The zero-order valence-electron chi connectivity index (χ0n) is 16.9. The third kappa shape index (κ3) is 6.40. The summed E-state index contributed by atoms with van der Waals surface area (Å²) < 4.78 is 22.6. The molecule has 3 atom stereocenters. The lowest BCUT2D eigenvalue weighted by atomic mass is 10.0. The summed E-state index contributed by atoms with van der Waals surface area (Å²) in [5.74, 6) is -1.89. The number of esters is 1. The van der Waals surface area contributed by atoms with E-state index in [4.69, 9.17) is 9.47 Å². The highest BCUT2D eigenvalue weighted by atomic mass is 32.2. The summed E-state index contributed by atoms with van der Waals surface area (Å²) in [4.78, 5) is 24.8. The van der Waals surface area contributed by atoms with E-state index in [9.17, 15) is 24.0 Å². The van der Waals surface area contributed by atoms with Gasteiger partial charge in [-0.15, -0.1) is 0 Å². The Kier molecular flexibility index (Phi) is 9.01. The van der Waals surface area contributed by atoms with Crippen molar-refractivity contribution in [1.82, 2.24) is 0 Å². The molecule has 30 heavy (non-hydrogen) atoms. The molecule has 0 aliphatic heterocycles. The zero-order valence-corrected chi connectivity index (χ0v) is 17.8. The van der Waals surface area contributed by atoms with Crippen molar-refractivity contribution in [3.63, 3.8) is 0 Å². The number of aliphatic hydroxyl groups is 1. The van der Waals surface area contributed by atoms with Crippen molar-refractivity contribution in [2.75, 3.05) is 12.9 Å². The number of unbranched alkanes of at least 4 members (excludes halogenated alkanes) is 1. The van der Waals surface area contributed by atoms with Crippen LogP contribution in [0.5, 0.6) is 11.5 Å². The number of ketones is 1. The van der Waals surface area contributed by atoms with Gasteiger partial charge in [0.15, 0.2) is 11.9 Å². The average Bonchev–Trinajstić information content (AvgIpc) is 2.72. The van der Waals surface area contributed by atoms with Crippen molar-refractivity contribution in [3.05, 3.63) is 59.7 Å². The fourth-order valence-electron chi connectivity index (χ4n) is 2.71. The van der Waals surface area contributed by atoms with Crippen LogP contribution in [0.1, 0.15) is 35.7 Å². The van der Waals surface area contributed by atoms with Gasteiger partial charge in [-0.1, -0.05) is 43.7 Å². The molecule has 0 aliphatic carbocycles. The van der Waals surface area contributed by atoms with Gasteiger partial charge in [0.1, 0.15) is 23.4 Å². The van der Waals surface area contributed by atoms with Crippen LogP contribution in [0, 0.1) is 0 Å². The van der Waals surface area contributed by atoms with Gasteiger partial charge in [-0.25, -0.2) is 4.79 Å². The van der Waals surface area contributed by atoms with Crippen LogP contribution < -0.4 is 4.74 Å². The first-order chi connectivity index (χ1) is 14.3. The monoisotopic (exact) mass is 434 g/mol. The van der Waals surface area contributed by atoms with E-state index in [1.54, 1.807) is 0 Å². The van der Waals surface area contributed by atoms with E-state index in [2.05, 4.69) is 0 Å². The molecule has 2 aromatic rings. The molecular formula is C22H26O7S. The third-order valence-corrected chi connectivity index (χ3v) is 5.56. The van der Waals surface area contributed by atoms with E-state index in [1.165, 1.54) is 24.5 Å². The zero-order chi connectivity index (χ0) is 22.1. The minimum absolute atomic E-state index is 0.0996. The fraction of sp³-hybridized carbons (Fsp3) is 0.364. The maximum Gasteiger partial charge on any atom is 0.336 e. The second-order valence-electron chi connectivity index (χ2n) is 6.70. The molecule has 7 nitrogen and oxygen atoms in total. The molecule has 0 aromatic heterocycles. The van der Waals surface area contributed by atoms with E-state index < -0.39 is 39.7 Å². The van der Waals surface area contributed by atoms with Gasteiger partial charge in [-0.3, -0.25) is 9.00 Å². The lowest BCUT2D eigenvalue weighted by Gasteiger charge is -2.19. The minimum Gasteiger partial charge on any atom is -0.507 e. The number of carbonyl (C=O) groups excluding carboxylic acids is 2. The number of aliphatic hydroxyl groups excluding tert-OH is 1. The maximum absolute atomic E-state index is 12.8. The molecule has 162 valence electrons. The Morgan fingerprint density at radius 2 is 1.83 bits per heavy atom. The third-order valence-electron chi connectivity index (χ3n) is 4.37. The number of hydrogen-bond donors (Lipinski definition) is 2. The molecule has 0 fully saturated rings. The molecule has 0 saturated heterocycles. The van der Waals surface area contributed by atoms with Gasteiger partial charge in [0.25, 0.3) is 0 Å². The highest BCUT2D eigenvalue weighted by molar-refractivity contribution is 7.85. The first kappa shape index (κ1) is 23.6. The van der Waals surface area contributed by atoms with Crippen LogP contribution in [-0.2, 0) is 26.9 Å². The van der Waals surface area contributed by atoms with Crippen LogP contribution in [-0.4, -0.2) is 50.4 Å². The molecule has 3 unspecified atom stereocenters. The van der Waals surface area contributed by atoms with Gasteiger partial charge in [0.2, 0.25) is 0 Å². The van der Waals surface area contributed by atoms with E-state index in [0.29, 0.717) is 12.2 Å². The van der Waals surface area contributed by atoms with Crippen LogP contribution in [0.15, 0.2) is 48.5 Å². The quantitative estimate of drug-likeness (QED) is 0.318. The molecular weight excluding hydrogens is 408 g/mol. The van der Waals surface area contributed by atoms with E-state index in [-0.39, 0.29) is 18.8 Å². The Labute approximate surface area is 178 Å². The first-order valence-corrected chi connectivity index (χ1v) is 11.2. The molecule has 0 amide bonds. The summed E-state index contributed by atoms with van der Waals surface area (Å²) in [6.45, 7) is 2.29. The van der Waals surface area contributed by atoms with E-state index >= 15 is 0 Å². The van der Waals surface area contributed by atoms with Crippen molar-refractivity contribution in [1.29, 1.82) is 0 Å². The summed E-state index contributed by atoms with van der Waals surface area (Å²) in [6, 6.07) is 13.5. The standard InChI is InChI=1S/C22H26O7S/c1-3-4-12-28-22(26)20(25)21(30(2)27)19(24)17-11-10-16(13-18(17)23)29-14-15-8-6-5-7-9-15/h5-11,13,20-21,23,25H,3-4,12,14H2,1-2H3. The highest BCUT2D eigenvalue weighted by Crippen LogP contribution is 2.27. The lowest BCUT2D eigenvalue weighted by molar-refractivity contribution is -0.153. The molecule has 0 radical (unpaired) electrons. The molecule has 0 bridgehead atoms. The summed E-state index contributed by atoms with van der Waals surface area (Å²) >= 11 is 0. The Morgan fingerprint density at radius 1 is 1.13 bits per heavy atom. The van der Waals surface area contributed by atoms with Crippen LogP contribution in [0.4, 0.5) is 0 Å². The normalized spacial score (nSPS) is 13.8. The Balaban J connectivity index is 2.12. The smallest absolute Gasteiger partial charge is 0.336 e. The number of benzene rings is 2. The summed E-state index contributed by atoms with van der Waals surface area (Å²) in [6.07, 6.45) is 0.711. The number of aromatic hydroxyl groups is 1. The molecule has 0 saturated carbocycles. The summed E-state index contributed by atoms with van der Waals surface area (Å²) in [7, 11) is -1.88. The number of ether oxygens (including phenoxy) is 2. The molecule has 2 aromatic carbocycles. The van der Waals surface area contributed by atoms with Crippen molar-refractivity contribution < 1.29 is 33.5 Å². The maximum atomic E-state index is 12.8. The molecule has 0 aliphatic rings. The topological polar surface area (TPSA) is 110 Å². The number of carbonyl (C=O) groups is 2. The van der Waals surface area contributed by atoms with Gasteiger partial charge in [-0.2, -0.15) is 0 Å². The fourth-order valence-corrected chi connectivity index (χ4v) is 3.61.